The van der Waals surface area contributed by atoms with Gasteiger partial charge in [0.2, 0.25) is 10.0 Å². The van der Waals surface area contributed by atoms with Crippen LogP contribution in [0.15, 0.2) is 119 Å². The van der Waals surface area contributed by atoms with E-state index in [0.29, 0.717) is 12.4 Å². The smallest absolute Gasteiger partial charge is 0.255 e. The van der Waals surface area contributed by atoms with Crippen molar-refractivity contribution >= 4 is 22.1 Å². The lowest BCUT2D eigenvalue weighted by molar-refractivity contribution is -0.121. The molecule has 0 unspecified atom stereocenters. The molecule has 0 bridgehead atoms. The average molecular weight is 528 g/mol. The quantitative estimate of drug-likeness (QED) is 0.222. The predicted octanol–water partition coefficient (Wildman–Crippen LogP) is 4.92. The third-order valence-electron chi connectivity index (χ3n) is 5.71. The molecule has 0 aliphatic rings. The molecule has 4 aromatic rings. The van der Waals surface area contributed by atoms with Gasteiger partial charge in [-0.3, -0.25) is 4.79 Å². The van der Waals surface area contributed by atoms with E-state index < -0.39 is 15.9 Å². The number of hydrogen-bond donors (Lipinski definition) is 1. The lowest BCUT2D eigenvalue weighted by Crippen LogP contribution is -2.39. The Balaban J connectivity index is 1.38. The second kappa shape index (κ2) is 12.8. The van der Waals surface area contributed by atoms with Gasteiger partial charge in [0.05, 0.1) is 17.7 Å². The Labute approximate surface area is 223 Å². The van der Waals surface area contributed by atoms with Crippen molar-refractivity contribution in [2.75, 3.05) is 6.54 Å². The molecule has 0 aliphatic heterocycles. The standard InChI is InChI=1S/C30H29N3O4S/c1-24-12-18-29(19-13-24)38(35,36)33(21-26-8-4-2-5-9-26)22-30(34)32-31-20-25-14-16-28(17-15-25)37-23-27-10-6-3-7-11-27/h2-20H,21-23H2,1H3,(H,32,34)/b31-20-. The third kappa shape index (κ3) is 7.61. The molecule has 0 atom stereocenters. The number of sulfonamides is 1. The van der Waals surface area contributed by atoms with E-state index in [1.807, 2.05) is 91.9 Å². The van der Waals surface area contributed by atoms with Gasteiger partial charge in [0.1, 0.15) is 12.4 Å². The fraction of sp³-hybridized carbons (Fsp3) is 0.133. The van der Waals surface area contributed by atoms with Crippen LogP contribution in [0.3, 0.4) is 0 Å². The summed E-state index contributed by atoms with van der Waals surface area (Å²) < 4.78 is 33.6. The van der Waals surface area contributed by atoms with Crippen molar-refractivity contribution in [2.45, 2.75) is 25.0 Å². The van der Waals surface area contributed by atoms with Crippen LogP contribution in [0.2, 0.25) is 0 Å². The second-order valence-electron chi connectivity index (χ2n) is 8.71. The molecule has 0 aliphatic carbocycles. The van der Waals surface area contributed by atoms with Crippen LogP contribution in [0.4, 0.5) is 0 Å². The van der Waals surface area contributed by atoms with E-state index in [4.69, 9.17) is 4.74 Å². The maximum absolute atomic E-state index is 13.4. The van der Waals surface area contributed by atoms with Gasteiger partial charge in [-0.15, -0.1) is 0 Å². The summed E-state index contributed by atoms with van der Waals surface area (Å²) in [5, 5.41) is 4.00. The number of aryl methyl sites for hydroxylation is 1. The van der Waals surface area contributed by atoms with Gasteiger partial charge < -0.3 is 4.74 Å². The van der Waals surface area contributed by atoms with Crippen molar-refractivity contribution < 1.29 is 17.9 Å². The van der Waals surface area contributed by atoms with E-state index in [-0.39, 0.29) is 18.0 Å². The Bertz CT molecular complexity index is 1460. The maximum Gasteiger partial charge on any atom is 0.255 e. The van der Waals surface area contributed by atoms with Crippen LogP contribution in [-0.4, -0.2) is 31.4 Å². The minimum Gasteiger partial charge on any atom is -0.489 e. The molecule has 4 rings (SSSR count). The van der Waals surface area contributed by atoms with Crippen molar-refractivity contribution in [1.29, 1.82) is 0 Å². The zero-order valence-electron chi connectivity index (χ0n) is 21.0. The van der Waals surface area contributed by atoms with Crippen LogP contribution in [0.1, 0.15) is 22.3 Å². The monoisotopic (exact) mass is 527 g/mol. The summed E-state index contributed by atoms with van der Waals surface area (Å²) in [6, 6.07) is 32.9. The summed E-state index contributed by atoms with van der Waals surface area (Å²) in [5.41, 5.74) is 5.98. The highest BCUT2D eigenvalue weighted by Crippen LogP contribution is 2.19. The highest BCUT2D eigenvalue weighted by atomic mass is 32.2. The number of hydrogen-bond acceptors (Lipinski definition) is 5. The predicted molar refractivity (Wildman–Crippen MR) is 148 cm³/mol. The molecule has 194 valence electrons. The molecule has 7 nitrogen and oxygen atoms in total. The van der Waals surface area contributed by atoms with E-state index in [9.17, 15) is 13.2 Å². The van der Waals surface area contributed by atoms with Gasteiger partial charge in [-0.2, -0.15) is 9.41 Å². The van der Waals surface area contributed by atoms with Crippen molar-refractivity contribution in [3.05, 3.63) is 131 Å². The summed E-state index contributed by atoms with van der Waals surface area (Å²) in [5.74, 6) is 0.170. The summed E-state index contributed by atoms with van der Waals surface area (Å²) in [7, 11) is -3.91. The molecular weight excluding hydrogens is 498 g/mol. The van der Waals surface area contributed by atoms with E-state index >= 15 is 0 Å². The highest BCUT2D eigenvalue weighted by Gasteiger charge is 2.26. The van der Waals surface area contributed by atoms with Crippen molar-refractivity contribution in [3.63, 3.8) is 0 Å². The zero-order chi connectivity index (χ0) is 26.8. The highest BCUT2D eigenvalue weighted by molar-refractivity contribution is 7.89. The Morgan fingerprint density at radius 3 is 2.08 bits per heavy atom. The number of ether oxygens (including phenoxy) is 1. The summed E-state index contributed by atoms with van der Waals surface area (Å²) in [6.07, 6.45) is 1.49. The molecule has 0 saturated heterocycles. The Hall–Kier alpha value is -4.27. The van der Waals surface area contributed by atoms with E-state index in [0.717, 1.165) is 26.6 Å². The Morgan fingerprint density at radius 1 is 0.842 bits per heavy atom. The summed E-state index contributed by atoms with van der Waals surface area (Å²) in [4.78, 5) is 12.8. The number of benzene rings is 4. The summed E-state index contributed by atoms with van der Waals surface area (Å²) in [6.45, 7) is 2.03. The van der Waals surface area contributed by atoms with Gasteiger partial charge in [-0.1, -0.05) is 78.4 Å². The SMILES string of the molecule is Cc1ccc(S(=O)(=O)N(CC(=O)N/N=C\c2ccc(OCc3ccccc3)cc2)Cc2ccccc2)cc1. The number of carbonyl (C=O) groups excluding carboxylic acids is 1. The van der Waals surface area contributed by atoms with Crippen LogP contribution in [0.25, 0.3) is 0 Å². The van der Waals surface area contributed by atoms with Crippen LogP contribution in [0.5, 0.6) is 5.75 Å². The normalized spacial score (nSPS) is 11.5. The number of hydrazone groups is 1. The minimum atomic E-state index is -3.91. The summed E-state index contributed by atoms with van der Waals surface area (Å²) >= 11 is 0. The van der Waals surface area contributed by atoms with Crippen LogP contribution in [0, 0.1) is 6.92 Å². The molecule has 0 saturated carbocycles. The molecule has 0 heterocycles. The molecule has 8 heteroatoms. The number of nitrogens with one attached hydrogen (secondary N) is 1. The lowest BCUT2D eigenvalue weighted by Gasteiger charge is -2.21. The fourth-order valence-corrected chi connectivity index (χ4v) is 5.02. The van der Waals surface area contributed by atoms with Crippen molar-refractivity contribution in [3.8, 4) is 5.75 Å². The van der Waals surface area contributed by atoms with Crippen LogP contribution >= 0.6 is 0 Å². The average Bonchev–Trinajstić information content (AvgIpc) is 2.93. The second-order valence-corrected chi connectivity index (χ2v) is 10.6. The lowest BCUT2D eigenvalue weighted by atomic mass is 10.2. The molecule has 38 heavy (non-hydrogen) atoms. The maximum atomic E-state index is 13.4. The third-order valence-corrected chi connectivity index (χ3v) is 7.52. The van der Waals surface area contributed by atoms with Gasteiger partial charge in [0, 0.05) is 6.54 Å². The van der Waals surface area contributed by atoms with Gasteiger partial charge in [-0.05, 0) is 60.0 Å². The molecule has 0 radical (unpaired) electrons. The number of amides is 1. The van der Waals surface area contributed by atoms with Crippen LogP contribution in [-0.2, 0) is 28.0 Å². The minimum absolute atomic E-state index is 0.0542. The Morgan fingerprint density at radius 2 is 1.45 bits per heavy atom. The zero-order valence-corrected chi connectivity index (χ0v) is 21.8. The number of carbonyl (C=O) groups is 1. The van der Waals surface area contributed by atoms with Crippen LogP contribution < -0.4 is 10.2 Å². The van der Waals surface area contributed by atoms with E-state index in [2.05, 4.69) is 10.5 Å². The van der Waals surface area contributed by atoms with E-state index in [1.165, 1.54) is 6.21 Å². The fourth-order valence-electron chi connectivity index (χ4n) is 3.64. The van der Waals surface area contributed by atoms with Crippen molar-refractivity contribution in [1.82, 2.24) is 9.73 Å². The number of rotatable bonds is 11. The van der Waals surface area contributed by atoms with Crippen molar-refractivity contribution in [2.24, 2.45) is 5.10 Å². The van der Waals surface area contributed by atoms with Gasteiger partial charge >= 0.3 is 0 Å². The first-order valence-corrected chi connectivity index (χ1v) is 13.5. The molecule has 1 N–H and O–H groups in total. The first-order chi connectivity index (χ1) is 18.4. The molecule has 0 aromatic heterocycles. The molecule has 0 spiro atoms. The number of nitrogens with zero attached hydrogens (tertiary/aromatic N) is 2. The van der Waals surface area contributed by atoms with E-state index in [1.54, 1.807) is 24.3 Å². The molecule has 0 fully saturated rings. The largest absolute Gasteiger partial charge is 0.489 e. The van der Waals surface area contributed by atoms with Gasteiger partial charge in [0.15, 0.2) is 0 Å². The molecule has 1 amide bonds. The topological polar surface area (TPSA) is 88.1 Å². The first-order valence-electron chi connectivity index (χ1n) is 12.1. The first kappa shape index (κ1) is 26.8. The van der Waals surface area contributed by atoms with Gasteiger partial charge in [0.25, 0.3) is 5.91 Å². The Kier molecular flexibility index (Phi) is 9.02. The van der Waals surface area contributed by atoms with Gasteiger partial charge in [-0.25, -0.2) is 13.8 Å². The molecule has 4 aromatic carbocycles. The molecular formula is C30H29N3O4S.